The highest BCUT2D eigenvalue weighted by atomic mass is 32.1. The predicted molar refractivity (Wildman–Crippen MR) is 109 cm³/mol. The molecule has 0 spiro atoms. The highest BCUT2D eigenvalue weighted by molar-refractivity contribution is 7.09. The van der Waals surface area contributed by atoms with Gasteiger partial charge in [-0.05, 0) is 48.7 Å². The van der Waals surface area contributed by atoms with Crippen LogP contribution >= 0.6 is 11.3 Å². The van der Waals surface area contributed by atoms with E-state index in [1.807, 2.05) is 23.8 Å². The number of alkyl halides is 3. The maximum absolute atomic E-state index is 12.6. The van der Waals surface area contributed by atoms with Gasteiger partial charge >= 0.3 is 6.18 Å². The molecule has 29 heavy (non-hydrogen) atoms. The van der Waals surface area contributed by atoms with E-state index >= 15 is 0 Å². The van der Waals surface area contributed by atoms with E-state index in [9.17, 15) is 13.2 Å². The quantitative estimate of drug-likeness (QED) is 0.401. The zero-order valence-electron chi connectivity index (χ0n) is 16.2. The van der Waals surface area contributed by atoms with Crippen LogP contribution in [0.4, 0.5) is 13.2 Å². The molecule has 0 aliphatic heterocycles. The normalized spacial score (nSPS) is 11.8. The van der Waals surface area contributed by atoms with E-state index in [0.29, 0.717) is 12.4 Å². The number of halogens is 3. The number of rotatable bonds is 9. The predicted octanol–water partition coefficient (Wildman–Crippen LogP) is 5.94. The van der Waals surface area contributed by atoms with E-state index in [4.69, 9.17) is 4.74 Å². The van der Waals surface area contributed by atoms with Crippen LogP contribution in [0, 0.1) is 6.92 Å². The zero-order chi connectivity index (χ0) is 20.7. The molecule has 1 heterocycles. The van der Waals surface area contributed by atoms with Crippen molar-refractivity contribution in [2.45, 2.75) is 32.6 Å². The Morgan fingerprint density at radius 2 is 1.79 bits per heavy atom. The molecule has 0 saturated carbocycles. The van der Waals surface area contributed by atoms with Gasteiger partial charge in [-0.1, -0.05) is 24.3 Å². The van der Waals surface area contributed by atoms with Gasteiger partial charge in [0.1, 0.15) is 5.75 Å². The van der Waals surface area contributed by atoms with Crippen LogP contribution < -0.4 is 4.74 Å². The summed E-state index contributed by atoms with van der Waals surface area (Å²) in [5.74, 6) is 0.450. The lowest BCUT2D eigenvalue weighted by Crippen LogP contribution is -2.25. The smallest absolute Gasteiger partial charge is 0.416 e. The number of aromatic nitrogens is 1. The van der Waals surface area contributed by atoms with Crippen molar-refractivity contribution in [2.75, 3.05) is 13.2 Å². The first kappa shape index (κ1) is 21.3. The average Bonchev–Trinajstić information content (AvgIpc) is 3.19. The van der Waals surface area contributed by atoms with Crippen molar-refractivity contribution in [1.82, 2.24) is 9.88 Å². The first-order valence-corrected chi connectivity index (χ1v) is 10.2. The summed E-state index contributed by atoms with van der Waals surface area (Å²) in [6, 6.07) is 13.1. The van der Waals surface area contributed by atoms with Crippen LogP contribution in [-0.2, 0) is 19.3 Å². The van der Waals surface area contributed by atoms with Crippen LogP contribution in [0.3, 0.4) is 0 Å². The Morgan fingerprint density at radius 1 is 1.03 bits per heavy atom. The first-order valence-electron chi connectivity index (χ1n) is 9.36. The Hall–Kier alpha value is -2.38. The maximum atomic E-state index is 12.6. The number of benzene rings is 2. The Morgan fingerprint density at radius 3 is 2.45 bits per heavy atom. The minimum atomic E-state index is -4.33. The van der Waals surface area contributed by atoms with Crippen LogP contribution in [0.5, 0.6) is 5.75 Å². The highest BCUT2D eigenvalue weighted by Crippen LogP contribution is 2.30. The summed E-state index contributed by atoms with van der Waals surface area (Å²) in [6.07, 6.45) is -1.68. The molecule has 0 unspecified atom stereocenters. The lowest BCUT2D eigenvalue weighted by Gasteiger charge is -2.22. The summed E-state index contributed by atoms with van der Waals surface area (Å²) in [4.78, 5) is 7.68. The molecule has 154 valence electrons. The summed E-state index contributed by atoms with van der Waals surface area (Å²) in [5, 5.41) is 0. The monoisotopic (exact) mass is 420 g/mol. The van der Waals surface area contributed by atoms with Crippen molar-refractivity contribution in [3.05, 3.63) is 81.8 Å². The molecule has 7 heteroatoms. The van der Waals surface area contributed by atoms with Crippen molar-refractivity contribution in [3.63, 3.8) is 0 Å². The number of hydrogen-bond acceptors (Lipinski definition) is 4. The standard InChI is InChI=1S/C22H23F3N2OS/c1-17-5-2-3-6-18(17)14-27(15-21-13-26-16-29-21)11-4-12-28-20-9-7-19(8-10-20)22(23,24)25/h2-3,5-10,13,16H,4,11-12,14-15H2,1H3. The van der Waals surface area contributed by atoms with E-state index in [2.05, 4.69) is 28.9 Å². The van der Waals surface area contributed by atoms with Gasteiger partial charge in [-0.2, -0.15) is 13.2 Å². The van der Waals surface area contributed by atoms with Gasteiger partial charge in [0, 0.05) is 30.7 Å². The minimum absolute atomic E-state index is 0.443. The number of ether oxygens (including phenoxy) is 1. The molecule has 3 nitrogen and oxygen atoms in total. The SMILES string of the molecule is Cc1ccccc1CN(CCCOc1ccc(C(F)(F)F)cc1)Cc1cncs1. The molecule has 3 aromatic rings. The van der Waals surface area contributed by atoms with Crippen LogP contribution in [-0.4, -0.2) is 23.0 Å². The number of hydrogen-bond donors (Lipinski definition) is 0. The maximum Gasteiger partial charge on any atom is 0.416 e. The number of thiazole rings is 1. The van der Waals surface area contributed by atoms with Gasteiger partial charge < -0.3 is 4.74 Å². The van der Waals surface area contributed by atoms with E-state index in [1.54, 1.807) is 11.3 Å². The fourth-order valence-corrected chi connectivity index (χ4v) is 3.64. The molecular formula is C22H23F3N2OS. The zero-order valence-corrected chi connectivity index (χ0v) is 17.0. The molecule has 0 N–H and O–H groups in total. The Bertz CT molecular complexity index is 880. The van der Waals surface area contributed by atoms with Crippen LogP contribution in [0.2, 0.25) is 0 Å². The molecule has 0 atom stereocenters. The van der Waals surface area contributed by atoms with E-state index in [-0.39, 0.29) is 0 Å². The second kappa shape index (κ2) is 9.89. The fraction of sp³-hybridized carbons (Fsp3) is 0.318. The number of nitrogens with zero attached hydrogens (tertiary/aromatic N) is 2. The molecule has 0 aliphatic rings. The van der Waals surface area contributed by atoms with E-state index < -0.39 is 11.7 Å². The largest absolute Gasteiger partial charge is 0.494 e. The average molecular weight is 421 g/mol. The Labute approximate surface area is 172 Å². The van der Waals surface area contributed by atoms with Crippen molar-refractivity contribution in [2.24, 2.45) is 0 Å². The molecule has 2 aromatic carbocycles. The summed E-state index contributed by atoms with van der Waals surface area (Å²) in [5.41, 5.74) is 3.69. The highest BCUT2D eigenvalue weighted by Gasteiger charge is 2.30. The molecule has 1 aromatic heterocycles. The summed E-state index contributed by atoms with van der Waals surface area (Å²) < 4.78 is 43.5. The summed E-state index contributed by atoms with van der Waals surface area (Å²) in [7, 11) is 0. The Kier molecular flexibility index (Phi) is 7.28. The molecular weight excluding hydrogens is 397 g/mol. The topological polar surface area (TPSA) is 25.4 Å². The number of aryl methyl sites for hydroxylation is 1. The molecule has 0 radical (unpaired) electrons. The van der Waals surface area contributed by atoms with Gasteiger partial charge in [0.25, 0.3) is 0 Å². The van der Waals surface area contributed by atoms with Gasteiger partial charge in [0.15, 0.2) is 0 Å². The van der Waals surface area contributed by atoms with Gasteiger partial charge in [0.2, 0.25) is 0 Å². The fourth-order valence-electron chi connectivity index (χ4n) is 3.00. The molecule has 0 aliphatic carbocycles. The second-order valence-corrected chi connectivity index (χ2v) is 7.80. The minimum Gasteiger partial charge on any atom is -0.494 e. The third-order valence-electron chi connectivity index (χ3n) is 4.59. The molecule has 0 bridgehead atoms. The van der Waals surface area contributed by atoms with Crippen LogP contribution in [0.1, 0.15) is 28.0 Å². The first-order chi connectivity index (χ1) is 13.9. The molecule has 3 rings (SSSR count). The lowest BCUT2D eigenvalue weighted by atomic mass is 10.1. The van der Waals surface area contributed by atoms with Crippen LogP contribution in [0.25, 0.3) is 0 Å². The van der Waals surface area contributed by atoms with E-state index in [0.717, 1.165) is 38.2 Å². The van der Waals surface area contributed by atoms with Crippen molar-refractivity contribution in [3.8, 4) is 5.75 Å². The third kappa shape index (κ3) is 6.58. The third-order valence-corrected chi connectivity index (χ3v) is 5.35. The van der Waals surface area contributed by atoms with Gasteiger partial charge in [0.05, 0.1) is 17.7 Å². The van der Waals surface area contributed by atoms with Crippen molar-refractivity contribution < 1.29 is 17.9 Å². The van der Waals surface area contributed by atoms with Crippen molar-refractivity contribution >= 4 is 11.3 Å². The second-order valence-electron chi connectivity index (χ2n) is 6.83. The van der Waals surface area contributed by atoms with Gasteiger partial charge in [-0.3, -0.25) is 9.88 Å². The molecule has 0 fully saturated rings. The summed E-state index contributed by atoms with van der Waals surface area (Å²) in [6.45, 7) is 4.99. The van der Waals surface area contributed by atoms with Gasteiger partial charge in [-0.25, -0.2) is 0 Å². The molecule has 0 amide bonds. The van der Waals surface area contributed by atoms with Crippen molar-refractivity contribution in [1.29, 1.82) is 0 Å². The lowest BCUT2D eigenvalue weighted by molar-refractivity contribution is -0.137. The van der Waals surface area contributed by atoms with Gasteiger partial charge in [-0.15, -0.1) is 11.3 Å². The van der Waals surface area contributed by atoms with Crippen LogP contribution in [0.15, 0.2) is 60.2 Å². The summed E-state index contributed by atoms with van der Waals surface area (Å²) >= 11 is 1.63. The Balaban J connectivity index is 1.53. The molecule has 0 saturated heterocycles. The van der Waals surface area contributed by atoms with E-state index in [1.165, 1.54) is 28.1 Å².